The van der Waals surface area contributed by atoms with Crippen LogP contribution >= 0.6 is 0 Å². The third-order valence-electron chi connectivity index (χ3n) is 3.88. The van der Waals surface area contributed by atoms with Crippen LogP contribution in [0.25, 0.3) is 0 Å². The van der Waals surface area contributed by atoms with E-state index in [0.29, 0.717) is 87.2 Å². The predicted octanol–water partition coefficient (Wildman–Crippen LogP) is 2.11. The van der Waals surface area contributed by atoms with E-state index in [1.165, 1.54) is 0 Å². The van der Waals surface area contributed by atoms with Crippen molar-refractivity contribution >= 4 is 11.4 Å². The molecule has 0 aromatic heterocycles. The van der Waals surface area contributed by atoms with Crippen molar-refractivity contribution in [3.63, 3.8) is 0 Å². The van der Waals surface area contributed by atoms with Gasteiger partial charge in [0.2, 0.25) is 0 Å². The van der Waals surface area contributed by atoms with Crippen molar-refractivity contribution < 1.29 is 28.4 Å². The van der Waals surface area contributed by atoms with Gasteiger partial charge in [-0.2, -0.15) is 0 Å². The molecule has 0 saturated heterocycles. The third-order valence-corrected chi connectivity index (χ3v) is 3.88. The Balaban J connectivity index is 1.67. The second kappa shape index (κ2) is 10.5. The smallest absolute Gasteiger partial charge is 0.163 e. The summed E-state index contributed by atoms with van der Waals surface area (Å²) in [5.41, 5.74) is 12.9. The molecule has 0 atom stereocenters. The molecular formula is C20H26N2O6. The van der Waals surface area contributed by atoms with E-state index in [2.05, 4.69) is 0 Å². The summed E-state index contributed by atoms with van der Waals surface area (Å²) in [5.74, 6) is 2.31. The Morgan fingerprint density at radius 3 is 1.29 bits per heavy atom. The molecule has 0 unspecified atom stereocenters. The van der Waals surface area contributed by atoms with Gasteiger partial charge in [-0.1, -0.05) is 0 Å². The first kappa shape index (κ1) is 19.9. The van der Waals surface area contributed by atoms with E-state index in [0.717, 1.165) is 0 Å². The van der Waals surface area contributed by atoms with Gasteiger partial charge in [0.25, 0.3) is 0 Å². The number of hydrogen-bond acceptors (Lipinski definition) is 8. The highest BCUT2D eigenvalue weighted by Crippen LogP contribution is 2.31. The van der Waals surface area contributed by atoms with Crippen LogP contribution < -0.4 is 30.4 Å². The molecule has 0 radical (unpaired) electrons. The Labute approximate surface area is 164 Å². The molecule has 0 bridgehead atoms. The van der Waals surface area contributed by atoms with Crippen molar-refractivity contribution in [1.82, 2.24) is 0 Å². The highest BCUT2D eigenvalue weighted by molar-refractivity contribution is 5.52. The third kappa shape index (κ3) is 6.11. The lowest BCUT2D eigenvalue weighted by Crippen LogP contribution is -2.15. The van der Waals surface area contributed by atoms with E-state index >= 15 is 0 Å². The van der Waals surface area contributed by atoms with Gasteiger partial charge in [0, 0.05) is 23.5 Å². The van der Waals surface area contributed by atoms with E-state index in [1.807, 2.05) is 0 Å². The van der Waals surface area contributed by atoms with Crippen molar-refractivity contribution in [2.45, 2.75) is 0 Å². The molecular weight excluding hydrogens is 364 g/mol. The van der Waals surface area contributed by atoms with Crippen LogP contribution in [-0.2, 0) is 9.47 Å². The molecule has 152 valence electrons. The fourth-order valence-corrected chi connectivity index (χ4v) is 2.56. The average molecular weight is 390 g/mol. The van der Waals surface area contributed by atoms with E-state index in [1.54, 1.807) is 36.4 Å². The Bertz CT molecular complexity index is 755. The van der Waals surface area contributed by atoms with Gasteiger partial charge in [0.15, 0.2) is 23.0 Å². The standard InChI is InChI=1S/C20H26N2O6/c21-15-2-4-18-19(13-15)27-10-8-24-6-5-23-7-9-25-17-3-1-16(22)14-20(17)28-12-11-26-18/h1-4,13-14H,5-12,21-22H2. The van der Waals surface area contributed by atoms with Crippen LogP contribution in [0.3, 0.4) is 0 Å². The molecule has 2 aromatic rings. The maximum atomic E-state index is 5.86. The normalized spacial score (nSPS) is 16.6. The predicted molar refractivity (Wildman–Crippen MR) is 105 cm³/mol. The van der Waals surface area contributed by atoms with Gasteiger partial charge in [0.1, 0.15) is 26.4 Å². The van der Waals surface area contributed by atoms with Crippen LogP contribution in [0.5, 0.6) is 23.0 Å². The number of rotatable bonds is 0. The van der Waals surface area contributed by atoms with E-state index in [-0.39, 0.29) is 0 Å². The molecule has 1 heterocycles. The summed E-state index contributed by atoms with van der Waals surface area (Å²) in [5, 5.41) is 0. The van der Waals surface area contributed by atoms with Crippen molar-refractivity contribution in [3.8, 4) is 23.0 Å². The molecule has 0 amide bonds. The van der Waals surface area contributed by atoms with Gasteiger partial charge in [-0.15, -0.1) is 0 Å². The molecule has 8 heteroatoms. The minimum Gasteiger partial charge on any atom is -0.487 e. The quantitative estimate of drug-likeness (QED) is 0.659. The Kier molecular flexibility index (Phi) is 7.45. The number of anilines is 2. The molecule has 2 aromatic carbocycles. The minimum atomic E-state index is 0.309. The van der Waals surface area contributed by atoms with Crippen molar-refractivity contribution in [2.75, 3.05) is 64.3 Å². The number of fused-ring (bicyclic) bond motifs is 2. The molecule has 0 saturated carbocycles. The number of benzene rings is 2. The summed E-state index contributed by atoms with van der Waals surface area (Å²) in [6.45, 7) is 3.23. The lowest BCUT2D eigenvalue weighted by atomic mass is 10.3. The van der Waals surface area contributed by atoms with E-state index in [4.69, 9.17) is 39.9 Å². The highest BCUT2D eigenvalue weighted by atomic mass is 16.6. The van der Waals surface area contributed by atoms with Crippen LogP contribution in [0.15, 0.2) is 36.4 Å². The second-order valence-corrected chi connectivity index (χ2v) is 6.03. The molecule has 0 aliphatic carbocycles. The second-order valence-electron chi connectivity index (χ2n) is 6.03. The lowest BCUT2D eigenvalue weighted by molar-refractivity contribution is 0.0264. The zero-order valence-electron chi connectivity index (χ0n) is 15.7. The van der Waals surface area contributed by atoms with Gasteiger partial charge < -0.3 is 39.9 Å². The van der Waals surface area contributed by atoms with Crippen molar-refractivity contribution in [1.29, 1.82) is 0 Å². The fourth-order valence-electron chi connectivity index (χ4n) is 2.56. The summed E-state index contributed by atoms with van der Waals surface area (Å²) in [4.78, 5) is 0. The monoisotopic (exact) mass is 390 g/mol. The maximum absolute atomic E-state index is 5.86. The molecule has 1 aliphatic heterocycles. The number of nitrogen functional groups attached to an aromatic ring is 2. The molecule has 4 N–H and O–H groups in total. The molecule has 0 fully saturated rings. The average Bonchev–Trinajstić information content (AvgIpc) is 2.68. The first-order chi connectivity index (χ1) is 13.7. The maximum Gasteiger partial charge on any atom is 0.163 e. The van der Waals surface area contributed by atoms with Crippen molar-refractivity contribution in [3.05, 3.63) is 36.4 Å². The number of ether oxygens (including phenoxy) is 6. The van der Waals surface area contributed by atoms with Gasteiger partial charge in [-0.3, -0.25) is 0 Å². The zero-order chi connectivity index (χ0) is 19.6. The van der Waals surface area contributed by atoms with Gasteiger partial charge in [0.05, 0.1) is 26.4 Å². The lowest BCUT2D eigenvalue weighted by Gasteiger charge is -2.16. The van der Waals surface area contributed by atoms with Gasteiger partial charge in [-0.25, -0.2) is 0 Å². The van der Waals surface area contributed by atoms with Crippen LogP contribution in [0, 0.1) is 0 Å². The van der Waals surface area contributed by atoms with Gasteiger partial charge >= 0.3 is 0 Å². The molecule has 28 heavy (non-hydrogen) atoms. The van der Waals surface area contributed by atoms with Crippen molar-refractivity contribution in [2.24, 2.45) is 0 Å². The van der Waals surface area contributed by atoms with Crippen LogP contribution in [0.2, 0.25) is 0 Å². The number of nitrogens with two attached hydrogens (primary N) is 2. The summed E-state index contributed by atoms with van der Waals surface area (Å²) >= 11 is 0. The molecule has 0 spiro atoms. The fraction of sp³-hybridized carbons (Fsp3) is 0.400. The SMILES string of the molecule is Nc1ccc2c(c1)OCCOCCOCCOc1ccc(N)cc1OCCO2. The highest BCUT2D eigenvalue weighted by Gasteiger charge is 2.09. The molecule has 8 nitrogen and oxygen atoms in total. The van der Waals surface area contributed by atoms with E-state index < -0.39 is 0 Å². The van der Waals surface area contributed by atoms with Crippen LogP contribution in [0.1, 0.15) is 0 Å². The molecule has 1 aliphatic rings. The van der Waals surface area contributed by atoms with E-state index in [9.17, 15) is 0 Å². The Morgan fingerprint density at radius 1 is 0.464 bits per heavy atom. The zero-order valence-corrected chi connectivity index (χ0v) is 15.7. The topological polar surface area (TPSA) is 107 Å². The molecule has 3 rings (SSSR count). The first-order valence-corrected chi connectivity index (χ1v) is 9.18. The van der Waals surface area contributed by atoms with Crippen LogP contribution in [-0.4, -0.2) is 52.9 Å². The summed E-state index contributed by atoms with van der Waals surface area (Å²) in [6.07, 6.45) is 0. The Hall–Kier alpha value is -2.84. The summed E-state index contributed by atoms with van der Waals surface area (Å²) in [6, 6.07) is 10.5. The summed E-state index contributed by atoms with van der Waals surface area (Å²) < 4.78 is 34.1. The Morgan fingerprint density at radius 2 is 0.821 bits per heavy atom. The largest absolute Gasteiger partial charge is 0.487 e. The first-order valence-electron chi connectivity index (χ1n) is 9.18. The minimum absolute atomic E-state index is 0.309. The number of hydrogen-bond donors (Lipinski definition) is 2. The van der Waals surface area contributed by atoms with Crippen LogP contribution in [0.4, 0.5) is 11.4 Å². The summed E-state index contributed by atoms with van der Waals surface area (Å²) in [7, 11) is 0. The van der Waals surface area contributed by atoms with Gasteiger partial charge in [-0.05, 0) is 24.3 Å².